The lowest BCUT2D eigenvalue weighted by Gasteiger charge is -2.20. The fourth-order valence-electron chi connectivity index (χ4n) is 3.46. The lowest BCUT2D eigenvalue weighted by Crippen LogP contribution is -2.06. The quantitative estimate of drug-likeness (QED) is 0.703. The Morgan fingerprint density at radius 3 is 2.79 bits per heavy atom. The Hall–Kier alpha value is -2.48. The van der Waals surface area contributed by atoms with Crippen LogP contribution in [0.15, 0.2) is 66.3 Å². The SMILES string of the molecule is C1=C(Cc2ccc3c(c2)OCO3)C[C@@H](/C=C/c2ccccc2)CC1. The summed E-state index contributed by atoms with van der Waals surface area (Å²) in [5.74, 6) is 2.38. The van der Waals surface area contributed by atoms with E-state index in [0.29, 0.717) is 12.7 Å². The smallest absolute Gasteiger partial charge is 0.231 e. The van der Waals surface area contributed by atoms with Crippen molar-refractivity contribution in [3.05, 3.63) is 77.4 Å². The fourth-order valence-corrected chi connectivity index (χ4v) is 3.46. The van der Waals surface area contributed by atoms with E-state index in [4.69, 9.17) is 9.47 Å². The van der Waals surface area contributed by atoms with Gasteiger partial charge in [-0.15, -0.1) is 0 Å². The van der Waals surface area contributed by atoms with Crippen LogP contribution in [0.5, 0.6) is 11.5 Å². The van der Waals surface area contributed by atoms with Crippen LogP contribution < -0.4 is 9.47 Å². The van der Waals surface area contributed by atoms with Gasteiger partial charge in [0.2, 0.25) is 6.79 Å². The molecule has 0 fully saturated rings. The van der Waals surface area contributed by atoms with Gasteiger partial charge in [0.25, 0.3) is 0 Å². The largest absolute Gasteiger partial charge is 0.454 e. The first-order valence-corrected chi connectivity index (χ1v) is 8.66. The van der Waals surface area contributed by atoms with Crippen LogP contribution >= 0.6 is 0 Å². The van der Waals surface area contributed by atoms with Crippen molar-refractivity contribution < 1.29 is 9.47 Å². The standard InChI is InChI=1S/C22H22O2/c1-2-5-17(6-3-1)9-10-18-7-4-8-19(13-18)14-20-11-12-21-22(15-20)24-16-23-21/h1-3,5-6,8-12,15,18H,4,7,13-14,16H2/b10-9+/t18-/m1/s1. The van der Waals surface area contributed by atoms with Gasteiger partial charge >= 0.3 is 0 Å². The molecule has 0 N–H and O–H groups in total. The van der Waals surface area contributed by atoms with E-state index in [-0.39, 0.29) is 0 Å². The topological polar surface area (TPSA) is 18.5 Å². The van der Waals surface area contributed by atoms with Gasteiger partial charge in [-0.25, -0.2) is 0 Å². The van der Waals surface area contributed by atoms with Crippen molar-refractivity contribution in [3.63, 3.8) is 0 Å². The molecule has 4 rings (SSSR count). The molecule has 0 saturated heterocycles. The second-order valence-electron chi connectivity index (χ2n) is 6.54. The number of allylic oxidation sites excluding steroid dienone is 3. The van der Waals surface area contributed by atoms with Crippen molar-refractivity contribution in [2.45, 2.75) is 25.7 Å². The fraction of sp³-hybridized carbons (Fsp3) is 0.273. The van der Waals surface area contributed by atoms with Crippen molar-refractivity contribution in [1.82, 2.24) is 0 Å². The van der Waals surface area contributed by atoms with Crippen molar-refractivity contribution in [3.8, 4) is 11.5 Å². The summed E-state index contributed by atoms with van der Waals surface area (Å²) in [5.41, 5.74) is 4.12. The van der Waals surface area contributed by atoms with E-state index in [1.165, 1.54) is 29.5 Å². The highest BCUT2D eigenvalue weighted by Crippen LogP contribution is 2.34. The molecule has 1 aliphatic heterocycles. The summed E-state index contributed by atoms with van der Waals surface area (Å²) >= 11 is 0. The summed E-state index contributed by atoms with van der Waals surface area (Å²) in [7, 11) is 0. The van der Waals surface area contributed by atoms with Crippen LogP contribution in [0.3, 0.4) is 0 Å². The third-order valence-corrected chi connectivity index (χ3v) is 4.72. The Labute approximate surface area is 143 Å². The van der Waals surface area contributed by atoms with E-state index in [2.05, 4.69) is 60.7 Å². The molecule has 0 radical (unpaired) electrons. The van der Waals surface area contributed by atoms with E-state index in [1.807, 2.05) is 6.07 Å². The number of rotatable bonds is 4. The summed E-state index contributed by atoms with van der Waals surface area (Å²) < 4.78 is 10.9. The summed E-state index contributed by atoms with van der Waals surface area (Å²) in [6.45, 7) is 0.341. The first-order valence-electron chi connectivity index (χ1n) is 8.66. The Morgan fingerprint density at radius 2 is 1.88 bits per heavy atom. The van der Waals surface area contributed by atoms with Crippen LogP contribution in [-0.2, 0) is 6.42 Å². The van der Waals surface area contributed by atoms with E-state index < -0.39 is 0 Å². The highest BCUT2D eigenvalue weighted by Gasteiger charge is 2.16. The van der Waals surface area contributed by atoms with Crippen LogP contribution in [0, 0.1) is 5.92 Å². The van der Waals surface area contributed by atoms with E-state index in [1.54, 1.807) is 0 Å². The molecule has 0 bridgehead atoms. The normalized spacial score (nSPS) is 19.5. The van der Waals surface area contributed by atoms with Gasteiger partial charge in [-0.3, -0.25) is 0 Å². The number of benzene rings is 2. The second kappa shape index (κ2) is 6.96. The molecular weight excluding hydrogens is 296 g/mol. The van der Waals surface area contributed by atoms with Crippen LogP contribution in [0.1, 0.15) is 30.4 Å². The first-order chi connectivity index (χ1) is 11.9. The number of hydrogen-bond acceptors (Lipinski definition) is 2. The highest BCUT2D eigenvalue weighted by atomic mass is 16.7. The van der Waals surface area contributed by atoms with Gasteiger partial charge < -0.3 is 9.47 Å². The highest BCUT2D eigenvalue weighted by molar-refractivity contribution is 5.49. The maximum atomic E-state index is 5.48. The molecular formula is C22H22O2. The van der Waals surface area contributed by atoms with Crippen LogP contribution in [0.4, 0.5) is 0 Å². The van der Waals surface area contributed by atoms with Gasteiger partial charge in [-0.1, -0.05) is 60.2 Å². The Morgan fingerprint density at radius 1 is 1.00 bits per heavy atom. The molecule has 24 heavy (non-hydrogen) atoms. The Balaban J connectivity index is 1.40. The monoisotopic (exact) mass is 318 g/mol. The molecule has 2 aromatic carbocycles. The summed E-state index contributed by atoms with van der Waals surface area (Å²) in [6, 6.07) is 16.8. The molecule has 0 amide bonds. The second-order valence-corrected chi connectivity index (χ2v) is 6.54. The van der Waals surface area contributed by atoms with Gasteiger partial charge in [-0.05, 0) is 54.9 Å². The number of ether oxygens (including phenoxy) is 2. The molecule has 122 valence electrons. The summed E-state index contributed by atoms with van der Waals surface area (Å²) in [6.07, 6.45) is 11.6. The van der Waals surface area contributed by atoms with Crippen molar-refractivity contribution in [2.24, 2.45) is 5.92 Å². The maximum absolute atomic E-state index is 5.48. The first kappa shape index (κ1) is 15.1. The molecule has 2 aliphatic rings. The average Bonchev–Trinajstić information content (AvgIpc) is 3.09. The molecule has 0 unspecified atom stereocenters. The van der Waals surface area contributed by atoms with Crippen LogP contribution in [-0.4, -0.2) is 6.79 Å². The van der Waals surface area contributed by atoms with Crippen LogP contribution in [0.2, 0.25) is 0 Å². The zero-order valence-electron chi connectivity index (χ0n) is 13.8. The summed E-state index contributed by atoms with van der Waals surface area (Å²) in [4.78, 5) is 0. The minimum atomic E-state index is 0.341. The molecule has 0 spiro atoms. The van der Waals surface area contributed by atoms with Crippen molar-refractivity contribution >= 4 is 6.08 Å². The van der Waals surface area contributed by atoms with Gasteiger partial charge in [0.1, 0.15) is 0 Å². The van der Waals surface area contributed by atoms with E-state index >= 15 is 0 Å². The summed E-state index contributed by atoms with van der Waals surface area (Å²) in [5, 5.41) is 0. The minimum Gasteiger partial charge on any atom is -0.454 e. The Bertz CT molecular complexity index is 759. The predicted octanol–water partition coefficient (Wildman–Crippen LogP) is 5.40. The Kier molecular flexibility index (Phi) is 4.37. The number of fused-ring (bicyclic) bond motifs is 1. The zero-order valence-corrected chi connectivity index (χ0v) is 13.8. The molecule has 0 aromatic heterocycles. The van der Waals surface area contributed by atoms with Gasteiger partial charge in [0, 0.05) is 0 Å². The van der Waals surface area contributed by atoms with Gasteiger partial charge in [0.15, 0.2) is 11.5 Å². The number of hydrogen-bond donors (Lipinski definition) is 0. The predicted molar refractivity (Wildman–Crippen MR) is 97.2 cm³/mol. The van der Waals surface area contributed by atoms with Gasteiger partial charge in [-0.2, -0.15) is 0 Å². The third-order valence-electron chi connectivity index (χ3n) is 4.72. The van der Waals surface area contributed by atoms with Gasteiger partial charge in [0.05, 0.1) is 0 Å². The average molecular weight is 318 g/mol. The van der Waals surface area contributed by atoms with Crippen molar-refractivity contribution in [1.29, 1.82) is 0 Å². The van der Waals surface area contributed by atoms with Crippen LogP contribution in [0.25, 0.3) is 6.08 Å². The molecule has 0 saturated carbocycles. The molecule has 1 heterocycles. The maximum Gasteiger partial charge on any atom is 0.231 e. The molecule has 1 aliphatic carbocycles. The lowest BCUT2D eigenvalue weighted by atomic mass is 9.85. The third kappa shape index (κ3) is 3.53. The zero-order chi connectivity index (χ0) is 16.2. The molecule has 2 heteroatoms. The van der Waals surface area contributed by atoms with E-state index in [0.717, 1.165) is 24.3 Å². The molecule has 1 atom stereocenters. The van der Waals surface area contributed by atoms with E-state index in [9.17, 15) is 0 Å². The minimum absolute atomic E-state index is 0.341. The van der Waals surface area contributed by atoms with Crippen molar-refractivity contribution in [2.75, 3.05) is 6.79 Å². The lowest BCUT2D eigenvalue weighted by molar-refractivity contribution is 0.174. The molecule has 2 aromatic rings. The molecule has 2 nitrogen and oxygen atoms in total.